The fourth-order valence-corrected chi connectivity index (χ4v) is 4.96. The van der Waals surface area contributed by atoms with Gasteiger partial charge in [-0.25, -0.2) is 4.39 Å². The number of pyridine rings is 1. The summed E-state index contributed by atoms with van der Waals surface area (Å²) in [5.74, 6) is -1.95. The van der Waals surface area contributed by atoms with Crippen LogP contribution in [-0.2, 0) is 19.8 Å². The Morgan fingerprint density at radius 2 is 1.97 bits per heavy atom. The summed E-state index contributed by atoms with van der Waals surface area (Å²) < 4.78 is 41.7. The van der Waals surface area contributed by atoms with Crippen molar-refractivity contribution in [3.8, 4) is 0 Å². The van der Waals surface area contributed by atoms with Crippen LogP contribution in [0, 0.1) is 5.82 Å². The summed E-state index contributed by atoms with van der Waals surface area (Å²) in [6.45, 7) is 0. The number of nitrogens with one attached hydrogen (secondary N) is 3. The highest BCUT2D eigenvalue weighted by Gasteiger charge is 2.42. The molecule has 0 radical (unpaired) electrons. The standard InChI is InChI=1S/C21H19ClFN5O4S/c1-28-19(21(30)25-13-5-6-16(23)15(22)9-13)10-18(27-33(28,31)32)20(29)26-17-4-2-3-12-11-24-8-7-14(12)17/h2-9,11,18-19,27H,10H2,1H3,(H,25,30)(H,26,29). The minimum Gasteiger partial charge on any atom is -0.325 e. The first-order valence-corrected chi connectivity index (χ1v) is 11.6. The van der Waals surface area contributed by atoms with Gasteiger partial charge in [-0.3, -0.25) is 14.6 Å². The summed E-state index contributed by atoms with van der Waals surface area (Å²) >= 11 is 5.74. The molecule has 2 unspecified atom stereocenters. The maximum absolute atomic E-state index is 13.4. The highest BCUT2D eigenvalue weighted by molar-refractivity contribution is 7.87. The molecule has 2 atom stereocenters. The van der Waals surface area contributed by atoms with E-state index in [4.69, 9.17) is 11.6 Å². The number of amides is 2. The van der Waals surface area contributed by atoms with E-state index >= 15 is 0 Å². The first-order chi connectivity index (χ1) is 15.7. The Labute approximate surface area is 194 Å². The second-order valence-corrected chi connectivity index (χ2v) is 9.62. The molecule has 1 aliphatic rings. The van der Waals surface area contributed by atoms with Gasteiger partial charge in [0.15, 0.2) is 0 Å². The summed E-state index contributed by atoms with van der Waals surface area (Å²) in [5.41, 5.74) is 0.682. The molecule has 9 nitrogen and oxygen atoms in total. The fourth-order valence-electron chi connectivity index (χ4n) is 3.53. The van der Waals surface area contributed by atoms with Crippen molar-refractivity contribution in [2.75, 3.05) is 17.7 Å². The molecule has 1 aromatic heterocycles. The minimum atomic E-state index is -4.13. The Bertz CT molecular complexity index is 1350. The Morgan fingerprint density at radius 1 is 1.18 bits per heavy atom. The number of fused-ring (bicyclic) bond motifs is 1. The van der Waals surface area contributed by atoms with Gasteiger partial charge in [-0.15, -0.1) is 0 Å². The van der Waals surface area contributed by atoms with Gasteiger partial charge in [0.2, 0.25) is 11.8 Å². The molecule has 0 bridgehead atoms. The minimum absolute atomic E-state index is 0.130. The highest BCUT2D eigenvalue weighted by atomic mass is 35.5. The van der Waals surface area contributed by atoms with Crippen LogP contribution in [0.4, 0.5) is 15.8 Å². The average Bonchev–Trinajstić information content (AvgIpc) is 2.78. The molecule has 3 aromatic rings. The number of hydrogen-bond donors (Lipinski definition) is 3. The van der Waals surface area contributed by atoms with Gasteiger partial charge in [0.25, 0.3) is 10.2 Å². The van der Waals surface area contributed by atoms with Crippen molar-refractivity contribution in [3.05, 3.63) is 65.7 Å². The van der Waals surface area contributed by atoms with Gasteiger partial charge in [-0.05, 0) is 36.8 Å². The topological polar surface area (TPSA) is 120 Å². The van der Waals surface area contributed by atoms with Gasteiger partial charge in [-0.2, -0.15) is 17.4 Å². The smallest absolute Gasteiger partial charge is 0.280 e. The number of aromatic nitrogens is 1. The van der Waals surface area contributed by atoms with Gasteiger partial charge in [0.05, 0.1) is 5.02 Å². The zero-order valence-electron chi connectivity index (χ0n) is 17.2. The van der Waals surface area contributed by atoms with Crippen LogP contribution >= 0.6 is 11.6 Å². The molecule has 12 heteroatoms. The largest absolute Gasteiger partial charge is 0.325 e. The Morgan fingerprint density at radius 3 is 2.73 bits per heavy atom. The van der Waals surface area contributed by atoms with Crippen LogP contribution in [0.2, 0.25) is 5.02 Å². The van der Waals surface area contributed by atoms with Crippen molar-refractivity contribution < 1.29 is 22.4 Å². The Balaban J connectivity index is 1.54. The molecule has 3 N–H and O–H groups in total. The molecule has 1 aliphatic heterocycles. The lowest BCUT2D eigenvalue weighted by Gasteiger charge is -2.35. The normalized spacial score (nSPS) is 20.3. The van der Waals surface area contributed by atoms with E-state index in [-0.39, 0.29) is 17.1 Å². The third kappa shape index (κ3) is 4.81. The van der Waals surface area contributed by atoms with E-state index in [0.717, 1.165) is 21.1 Å². The Kier molecular flexibility index (Phi) is 6.30. The lowest BCUT2D eigenvalue weighted by atomic mass is 10.1. The molecule has 172 valence electrons. The molecule has 2 aromatic carbocycles. The summed E-state index contributed by atoms with van der Waals surface area (Å²) in [4.78, 5) is 29.8. The van der Waals surface area contributed by atoms with Gasteiger partial charge in [0.1, 0.15) is 17.9 Å². The molecular weight excluding hydrogens is 473 g/mol. The van der Waals surface area contributed by atoms with Crippen molar-refractivity contribution in [3.63, 3.8) is 0 Å². The highest BCUT2D eigenvalue weighted by Crippen LogP contribution is 2.25. The van der Waals surface area contributed by atoms with Gasteiger partial charge >= 0.3 is 0 Å². The summed E-state index contributed by atoms with van der Waals surface area (Å²) in [6.07, 6.45) is 3.10. The number of carbonyl (C=O) groups is 2. The second-order valence-electron chi connectivity index (χ2n) is 7.45. The number of halogens is 2. The number of hydrogen-bond acceptors (Lipinski definition) is 5. The summed E-state index contributed by atoms with van der Waals surface area (Å²) in [7, 11) is -2.89. The SMILES string of the molecule is CN1C(C(=O)Nc2ccc(F)c(Cl)c2)CC(C(=O)Nc2cccc3cnccc23)NS1(=O)=O. The van der Waals surface area contributed by atoms with Crippen molar-refractivity contribution in [1.82, 2.24) is 14.0 Å². The van der Waals surface area contributed by atoms with Crippen LogP contribution in [-0.4, -0.2) is 48.7 Å². The predicted octanol–water partition coefficient (Wildman–Crippen LogP) is 2.51. The first-order valence-electron chi connectivity index (χ1n) is 9.80. The van der Waals surface area contributed by atoms with E-state index in [1.807, 2.05) is 6.07 Å². The maximum atomic E-state index is 13.4. The van der Waals surface area contributed by atoms with E-state index in [1.54, 1.807) is 30.6 Å². The van der Waals surface area contributed by atoms with Gasteiger partial charge in [0, 0.05) is 41.6 Å². The van der Waals surface area contributed by atoms with Crippen LogP contribution in [0.3, 0.4) is 0 Å². The summed E-state index contributed by atoms with van der Waals surface area (Å²) in [6, 6.07) is 8.19. The van der Waals surface area contributed by atoms with E-state index in [1.165, 1.54) is 19.2 Å². The number of likely N-dealkylation sites (N-methyl/N-ethyl adjacent to an activating group) is 1. The molecule has 2 amide bonds. The molecule has 0 spiro atoms. The zero-order chi connectivity index (χ0) is 23.8. The predicted molar refractivity (Wildman–Crippen MR) is 122 cm³/mol. The van der Waals surface area contributed by atoms with E-state index < -0.39 is 39.9 Å². The fraction of sp³-hybridized carbons (Fsp3) is 0.190. The van der Waals surface area contributed by atoms with Crippen LogP contribution < -0.4 is 15.4 Å². The third-order valence-electron chi connectivity index (χ3n) is 5.31. The zero-order valence-corrected chi connectivity index (χ0v) is 18.8. The lowest BCUT2D eigenvalue weighted by molar-refractivity contribution is -0.121. The molecule has 4 rings (SSSR count). The van der Waals surface area contributed by atoms with Crippen LogP contribution in [0.5, 0.6) is 0 Å². The molecular formula is C21H19ClFN5O4S. The number of anilines is 2. The van der Waals surface area contributed by atoms with Crippen molar-refractivity contribution in [2.45, 2.75) is 18.5 Å². The lowest BCUT2D eigenvalue weighted by Crippen LogP contribution is -2.61. The summed E-state index contributed by atoms with van der Waals surface area (Å²) in [5, 5.41) is 6.59. The van der Waals surface area contributed by atoms with Gasteiger partial charge < -0.3 is 10.6 Å². The monoisotopic (exact) mass is 491 g/mol. The Hall–Kier alpha value is -3.12. The number of benzene rings is 2. The van der Waals surface area contributed by atoms with Gasteiger partial charge in [-0.1, -0.05) is 23.7 Å². The number of rotatable bonds is 4. The number of nitrogens with zero attached hydrogens (tertiary/aromatic N) is 2. The molecule has 1 saturated heterocycles. The molecule has 0 aliphatic carbocycles. The molecule has 1 fully saturated rings. The van der Waals surface area contributed by atoms with E-state index in [0.29, 0.717) is 5.69 Å². The molecule has 2 heterocycles. The van der Waals surface area contributed by atoms with Crippen molar-refractivity contribution >= 4 is 55.8 Å². The second kappa shape index (κ2) is 9.02. The van der Waals surface area contributed by atoms with Crippen LogP contribution in [0.25, 0.3) is 10.8 Å². The first kappa shape index (κ1) is 23.1. The van der Waals surface area contributed by atoms with Crippen LogP contribution in [0.1, 0.15) is 6.42 Å². The van der Waals surface area contributed by atoms with Crippen molar-refractivity contribution in [1.29, 1.82) is 0 Å². The molecule has 33 heavy (non-hydrogen) atoms. The van der Waals surface area contributed by atoms with Crippen molar-refractivity contribution in [2.24, 2.45) is 0 Å². The number of carbonyl (C=O) groups excluding carboxylic acids is 2. The average molecular weight is 492 g/mol. The third-order valence-corrected chi connectivity index (χ3v) is 7.20. The quantitative estimate of drug-likeness (QED) is 0.518. The van der Waals surface area contributed by atoms with E-state index in [2.05, 4.69) is 20.3 Å². The van der Waals surface area contributed by atoms with Crippen LogP contribution in [0.15, 0.2) is 54.9 Å². The molecule has 0 saturated carbocycles. The maximum Gasteiger partial charge on any atom is 0.280 e. The van der Waals surface area contributed by atoms with E-state index in [9.17, 15) is 22.4 Å².